The Hall–Kier alpha value is -3.17. The van der Waals surface area contributed by atoms with Gasteiger partial charge < -0.3 is 20.1 Å². The van der Waals surface area contributed by atoms with Crippen molar-refractivity contribution in [2.45, 2.75) is 32.9 Å². The Morgan fingerprint density at radius 3 is 2.41 bits per heavy atom. The predicted molar refractivity (Wildman–Crippen MR) is 131 cm³/mol. The summed E-state index contributed by atoms with van der Waals surface area (Å²) >= 11 is 3.45. The Bertz CT molecular complexity index is 1170. The summed E-state index contributed by atoms with van der Waals surface area (Å²) in [6, 6.07) is 13.0. The van der Waals surface area contributed by atoms with Gasteiger partial charge in [0.05, 0.1) is 18.0 Å². The van der Waals surface area contributed by atoms with Gasteiger partial charge in [-0.2, -0.15) is 0 Å². The summed E-state index contributed by atoms with van der Waals surface area (Å²) < 4.78 is 6.36. The van der Waals surface area contributed by atoms with Crippen molar-refractivity contribution in [3.05, 3.63) is 70.1 Å². The van der Waals surface area contributed by atoms with Gasteiger partial charge in [0, 0.05) is 4.47 Å². The molecule has 0 saturated carbocycles. The third-order valence-corrected chi connectivity index (χ3v) is 6.30. The summed E-state index contributed by atoms with van der Waals surface area (Å²) in [5, 5.41) is 11.7. The maximum atomic E-state index is 13.4. The average Bonchev–Trinajstić information content (AvgIpc) is 3.33. The minimum atomic E-state index is -0.789. The fourth-order valence-electron chi connectivity index (χ4n) is 4.16. The summed E-state index contributed by atoms with van der Waals surface area (Å²) in [4.78, 5) is 35.8. The highest BCUT2D eigenvalue weighted by atomic mass is 79.9. The Morgan fingerprint density at radius 1 is 1.12 bits per heavy atom. The largest absolute Gasteiger partial charge is 0.491 e. The normalized spacial score (nSPS) is 16.8. The number of hydrogen-bond donors (Lipinski definition) is 3. The molecule has 1 saturated heterocycles. The number of aliphatic hydroxyl groups is 1. The van der Waals surface area contributed by atoms with E-state index >= 15 is 0 Å². The number of aromatic amines is 1. The molecule has 2 atom stereocenters. The molecule has 178 valence electrons. The molecular weight excluding hydrogens is 500 g/mol. The molecule has 3 aromatic rings. The first kappa shape index (κ1) is 24.0. The average molecular weight is 527 g/mol. The van der Waals surface area contributed by atoms with Crippen LogP contribution in [0.4, 0.5) is 4.79 Å². The third-order valence-electron chi connectivity index (χ3n) is 5.77. The lowest BCUT2D eigenvalue weighted by atomic mass is 10.0. The van der Waals surface area contributed by atoms with Gasteiger partial charge in [0.1, 0.15) is 30.3 Å². The Labute approximate surface area is 206 Å². The zero-order chi connectivity index (χ0) is 24.4. The molecule has 2 heterocycles. The molecule has 34 heavy (non-hydrogen) atoms. The van der Waals surface area contributed by atoms with Crippen molar-refractivity contribution in [3.8, 4) is 17.0 Å². The molecule has 9 heteroatoms. The van der Waals surface area contributed by atoms with E-state index in [-0.39, 0.29) is 25.0 Å². The van der Waals surface area contributed by atoms with Crippen LogP contribution in [0.5, 0.6) is 5.75 Å². The van der Waals surface area contributed by atoms with E-state index in [1.165, 1.54) is 4.90 Å². The lowest BCUT2D eigenvalue weighted by Gasteiger charge is -2.27. The summed E-state index contributed by atoms with van der Waals surface area (Å²) in [5.41, 5.74) is 3.28. The van der Waals surface area contributed by atoms with Gasteiger partial charge in [0.2, 0.25) is 0 Å². The van der Waals surface area contributed by atoms with Crippen molar-refractivity contribution in [1.29, 1.82) is 0 Å². The topological polar surface area (TPSA) is 108 Å². The molecule has 3 amide bonds. The lowest BCUT2D eigenvalue weighted by molar-refractivity contribution is -0.130. The molecular formula is C25H27BrN4O4. The number of aliphatic hydroxyl groups excluding tert-OH is 1. The van der Waals surface area contributed by atoms with Crippen LogP contribution in [0.1, 0.15) is 43.0 Å². The molecule has 1 aromatic heterocycles. The molecule has 3 N–H and O–H groups in total. The highest BCUT2D eigenvalue weighted by molar-refractivity contribution is 9.10. The van der Waals surface area contributed by atoms with E-state index in [1.807, 2.05) is 45.0 Å². The van der Waals surface area contributed by atoms with Crippen LogP contribution in [-0.4, -0.2) is 45.1 Å². The van der Waals surface area contributed by atoms with Gasteiger partial charge in [-0.25, -0.2) is 9.78 Å². The fraction of sp³-hybridized carbons (Fsp3) is 0.320. The van der Waals surface area contributed by atoms with Crippen LogP contribution in [0.2, 0.25) is 0 Å². The van der Waals surface area contributed by atoms with Crippen molar-refractivity contribution in [1.82, 2.24) is 20.2 Å². The number of carbonyl (C=O) groups excluding carboxylic acids is 2. The van der Waals surface area contributed by atoms with E-state index < -0.39 is 18.1 Å². The first-order chi connectivity index (χ1) is 16.3. The SMILES string of the molecule is Cc1nc([C@H](C(C)C)N2C(=O)N[C@H](c3ccc(OCCO)cc3)C2=O)[nH]c1-c1ccc(Br)cc1. The van der Waals surface area contributed by atoms with Crippen molar-refractivity contribution in [3.63, 3.8) is 0 Å². The van der Waals surface area contributed by atoms with E-state index in [9.17, 15) is 9.59 Å². The molecule has 2 aromatic carbocycles. The highest BCUT2D eigenvalue weighted by Crippen LogP contribution is 2.35. The quantitative estimate of drug-likeness (QED) is 0.374. The standard InChI is InChI=1S/C25H27BrN4O4/c1-14(2)22(23-27-15(3)20(28-23)16-4-8-18(26)9-5-16)30-24(32)21(29-25(30)33)17-6-10-19(11-7-17)34-13-12-31/h4-11,14,21-22,31H,12-13H2,1-3H3,(H,27,28)(H,29,33)/t21-,22+/m1/s1. The van der Waals surface area contributed by atoms with Gasteiger partial charge in [0.25, 0.3) is 5.91 Å². The molecule has 0 spiro atoms. The third kappa shape index (κ3) is 4.71. The number of carbonyl (C=O) groups is 2. The van der Waals surface area contributed by atoms with Crippen LogP contribution >= 0.6 is 15.9 Å². The van der Waals surface area contributed by atoms with E-state index in [1.54, 1.807) is 24.3 Å². The van der Waals surface area contributed by atoms with Crippen molar-refractivity contribution in [2.24, 2.45) is 5.92 Å². The second-order valence-corrected chi connectivity index (χ2v) is 9.43. The number of aryl methyl sites for hydroxylation is 1. The second kappa shape index (κ2) is 9.99. The van der Waals surface area contributed by atoms with Gasteiger partial charge in [-0.05, 0) is 48.2 Å². The van der Waals surface area contributed by atoms with Gasteiger partial charge >= 0.3 is 6.03 Å². The molecule has 8 nitrogen and oxygen atoms in total. The van der Waals surface area contributed by atoms with E-state index in [0.29, 0.717) is 17.1 Å². The molecule has 1 aliphatic heterocycles. The van der Waals surface area contributed by atoms with E-state index in [0.717, 1.165) is 21.4 Å². The van der Waals surface area contributed by atoms with Gasteiger partial charge in [-0.1, -0.05) is 54.0 Å². The number of nitrogens with one attached hydrogen (secondary N) is 2. The minimum absolute atomic E-state index is 0.0639. The minimum Gasteiger partial charge on any atom is -0.491 e. The maximum absolute atomic E-state index is 13.4. The second-order valence-electron chi connectivity index (χ2n) is 8.51. The number of imide groups is 1. The molecule has 4 rings (SSSR count). The highest BCUT2D eigenvalue weighted by Gasteiger charge is 2.45. The van der Waals surface area contributed by atoms with Gasteiger partial charge in [-0.15, -0.1) is 0 Å². The predicted octanol–water partition coefficient (Wildman–Crippen LogP) is 4.51. The lowest BCUT2D eigenvalue weighted by Crippen LogP contribution is -2.38. The van der Waals surface area contributed by atoms with Crippen molar-refractivity contribution < 1.29 is 19.4 Å². The van der Waals surface area contributed by atoms with Crippen LogP contribution in [0, 0.1) is 12.8 Å². The maximum Gasteiger partial charge on any atom is 0.325 e. The zero-order valence-corrected chi connectivity index (χ0v) is 20.8. The molecule has 0 unspecified atom stereocenters. The summed E-state index contributed by atoms with van der Waals surface area (Å²) in [6.45, 7) is 5.93. The zero-order valence-electron chi connectivity index (χ0n) is 19.2. The van der Waals surface area contributed by atoms with E-state index in [2.05, 4.69) is 26.2 Å². The first-order valence-electron chi connectivity index (χ1n) is 11.1. The van der Waals surface area contributed by atoms with E-state index in [4.69, 9.17) is 14.8 Å². The summed E-state index contributed by atoms with van der Waals surface area (Å²) in [7, 11) is 0. The fourth-order valence-corrected chi connectivity index (χ4v) is 4.42. The number of aromatic nitrogens is 2. The van der Waals surface area contributed by atoms with Crippen LogP contribution in [0.3, 0.4) is 0 Å². The van der Waals surface area contributed by atoms with Crippen LogP contribution in [-0.2, 0) is 4.79 Å². The number of imidazole rings is 1. The van der Waals surface area contributed by atoms with Crippen LogP contribution in [0.25, 0.3) is 11.3 Å². The van der Waals surface area contributed by atoms with Crippen LogP contribution in [0.15, 0.2) is 53.0 Å². The summed E-state index contributed by atoms with van der Waals surface area (Å²) in [5.74, 6) is 0.762. The Kier molecular flexibility index (Phi) is 7.04. The number of benzene rings is 2. The monoisotopic (exact) mass is 526 g/mol. The molecule has 0 radical (unpaired) electrons. The number of hydrogen-bond acceptors (Lipinski definition) is 5. The summed E-state index contributed by atoms with van der Waals surface area (Å²) in [6.07, 6.45) is 0. The number of urea groups is 1. The van der Waals surface area contributed by atoms with Gasteiger partial charge in [0.15, 0.2) is 0 Å². The number of rotatable bonds is 8. The number of halogens is 1. The molecule has 0 bridgehead atoms. The number of amides is 3. The number of ether oxygens (including phenoxy) is 1. The van der Waals surface area contributed by atoms with Gasteiger partial charge in [-0.3, -0.25) is 9.69 Å². The molecule has 1 fully saturated rings. The Morgan fingerprint density at radius 2 is 1.79 bits per heavy atom. The molecule has 0 aliphatic carbocycles. The van der Waals surface area contributed by atoms with Crippen molar-refractivity contribution >= 4 is 27.9 Å². The molecule has 1 aliphatic rings. The first-order valence-corrected chi connectivity index (χ1v) is 11.9. The number of nitrogens with zero attached hydrogens (tertiary/aromatic N) is 2. The number of H-pyrrole nitrogens is 1. The smallest absolute Gasteiger partial charge is 0.325 e. The van der Waals surface area contributed by atoms with Crippen molar-refractivity contribution in [2.75, 3.05) is 13.2 Å². The van der Waals surface area contributed by atoms with Crippen LogP contribution < -0.4 is 10.1 Å². The Balaban J connectivity index is 1.61.